The fraction of sp³-hybridized carbons (Fsp3) is 0.765. The molecule has 0 aliphatic heterocycles. The van der Waals surface area contributed by atoms with E-state index in [1.165, 1.54) is 51.3 Å². The largest absolute Gasteiger partial charge is 0.346 e. The average molecular weight is 342 g/mol. The van der Waals surface area contributed by atoms with Crippen LogP contribution in [0.3, 0.4) is 0 Å². The lowest BCUT2D eigenvalue weighted by Crippen LogP contribution is -2.29. The average Bonchev–Trinajstić information content (AvgIpc) is 2.88. The summed E-state index contributed by atoms with van der Waals surface area (Å²) < 4.78 is 28.0. The first-order chi connectivity index (χ1) is 11.5. The van der Waals surface area contributed by atoms with Gasteiger partial charge in [0.25, 0.3) is 6.08 Å². The van der Waals surface area contributed by atoms with E-state index in [-0.39, 0.29) is 30.4 Å². The summed E-state index contributed by atoms with van der Waals surface area (Å²) in [6, 6.07) is 0.0243. The molecule has 0 radical (unpaired) electrons. The monoisotopic (exact) mass is 342 g/mol. The van der Waals surface area contributed by atoms with Crippen LogP contribution in [0, 0.1) is 5.92 Å². The van der Waals surface area contributed by atoms with Gasteiger partial charge in [-0.15, -0.1) is 0 Å². The van der Waals surface area contributed by atoms with Crippen molar-refractivity contribution < 1.29 is 8.78 Å². The van der Waals surface area contributed by atoms with Crippen LogP contribution in [-0.4, -0.2) is 20.9 Å². The maximum absolute atomic E-state index is 12.7. The number of aromatic nitrogens is 3. The molecule has 2 rings (SSSR count). The third kappa shape index (κ3) is 5.00. The molecule has 1 aromatic heterocycles. The van der Waals surface area contributed by atoms with Crippen molar-refractivity contribution in [2.24, 2.45) is 11.7 Å². The van der Waals surface area contributed by atoms with E-state index < -0.39 is 6.08 Å². The van der Waals surface area contributed by atoms with E-state index in [0.29, 0.717) is 5.92 Å². The first-order valence-electron chi connectivity index (χ1n) is 8.90. The minimum atomic E-state index is -1.83. The van der Waals surface area contributed by atoms with Crippen molar-refractivity contribution in [1.82, 2.24) is 14.3 Å². The van der Waals surface area contributed by atoms with Crippen LogP contribution in [0.15, 0.2) is 22.8 Å². The zero-order chi connectivity index (χ0) is 17.5. The second-order valence-corrected chi connectivity index (χ2v) is 6.84. The molecule has 24 heavy (non-hydrogen) atoms. The van der Waals surface area contributed by atoms with Gasteiger partial charge in [-0.25, -0.2) is 9.48 Å². The molecule has 5 nitrogen and oxygen atoms in total. The van der Waals surface area contributed by atoms with Crippen molar-refractivity contribution in [2.75, 3.05) is 6.54 Å². The number of halogens is 2. The summed E-state index contributed by atoms with van der Waals surface area (Å²) in [7, 11) is 0. The Hall–Kier alpha value is -1.50. The highest BCUT2D eigenvalue weighted by atomic mass is 19.3. The summed E-state index contributed by atoms with van der Waals surface area (Å²) in [5.74, 6) is 0.623. The molecule has 136 valence electrons. The first-order valence-corrected chi connectivity index (χ1v) is 8.90. The fourth-order valence-corrected chi connectivity index (χ4v) is 3.52. The molecule has 0 bridgehead atoms. The number of hydrogen-bond acceptors (Lipinski definition) is 3. The predicted molar refractivity (Wildman–Crippen MR) is 89.9 cm³/mol. The quantitative estimate of drug-likeness (QED) is 0.861. The van der Waals surface area contributed by atoms with E-state index in [9.17, 15) is 13.6 Å². The normalized spacial score (nSPS) is 18.0. The van der Waals surface area contributed by atoms with E-state index in [1.54, 1.807) is 4.57 Å². The highest BCUT2D eigenvalue weighted by molar-refractivity contribution is 5.03. The minimum Gasteiger partial charge on any atom is -0.327 e. The molecule has 2 N–H and O–H groups in total. The number of hydrogen-bond donors (Lipinski definition) is 1. The van der Waals surface area contributed by atoms with Gasteiger partial charge in [-0.3, -0.25) is 4.57 Å². The number of rotatable bonds is 6. The molecule has 0 amide bonds. The Labute approximate surface area is 141 Å². The van der Waals surface area contributed by atoms with Gasteiger partial charge in [0.1, 0.15) is 6.33 Å². The van der Waals surface area contributed by atoms with Crippen LogP contribution in [0.25, 0.3) is 0 Å². The summed E-state index contributed by atoms with van der Waals surface area (Å²) >= 11 is 0. The predicted octanol–water partition coefficient (Wildman–Crippen LogP) is 3.47. The van der Waals surface area contributed by atoms with Gasteiger partial charge in [0, 0.05) is 18.2 Å². The Morgan fingerprint density at radius 1 is 1.29 bits per heavy atom. The third-order valence-electron chi connectivity index (χ3n) is 4.99. The molecule has 0 saturated heterocycles. The molecule has 1 atom stereocenters. The van der Waals surface area contributed by atoms with Crippen molar-refractivity contribution in [2.45, 2.75) is 70.9 Å². The van der Waals surface area contributed by atoms with Gasteiger partial charge in [-0.05, 0) is 19.3 Å². The Bertz CT molecular complexity index is 596. The minimum absolute atomic E-state index is 0.0243. The second kappa shape index (κ2) is 9.11. The van der Waals surface area contributed by atoms with E-state index >= 15 is 0 Å². The lowest BCUT2D eigenvalue weighted by molar-refractivity contribution is 0.308. The molecule has 1 aromatic rings. The Morgan fingerprint density at radius 2 is 1.92 bits per heavy atom. The van der Waals surface area contributed by atoms with Crippen molar-refractivity contribution in [3.05, 3.63) is 28.5 Å². The summed E-state index contributed by atoms with van der Waals surface area (Å²) in [5, 5.41) is 3.98. The van der Waals surface area contributed by atoms with Crippen LogP contribution in [0.2, 0.25) is 0 Å². The molecule has 1 unspecified atom stereocenters. The van der Waals surface area contributed by atoms with Gasteiger partial charge in [0.15, 0.2) is 0 Å². The van der Waals surface area contributed by atoms with E-state index in [1.807, 2.05) is 6.92 Å². The van der Waals surface area contributed by atoms with Gasteiger partial charge in [0.05, 0.1) is 6.54 Å². The van der Waals surface area contributed by atoms with Gasteiger partial charge in [-0.2, -0.15) is 13.9 Å². The van der Waals surface area contributed by atoms with Crippen molar-refractivity contribution in [3.63, 3.8) is 0 Å². The van der Waals surface area contributed by atoms with E-state index in [0.717, 1.165) is 11.1 Å². The van der Waals surface area contributed by atoms with Crippen LogP contribution in [0.4, 0.5) is 8.78 Å². The lowest BCUT2D eigenvalue weighted by atomic mass is 9.87. The Balaban J connectivity index is 2.03. The molecule has 1 fully saturated rings. The second-order valence-electron chi connectivity index (χ2n) is 6.84. The molecule has 0 aromatic carbocycles. The summed E-state index contributed by atoms with van der Waals surface area (Å²) in [4.78, 5) is 12.4. The molecular formula is C17H28F2N4O. The number of nitrogens with two attached hydrogens (primary N) is 1. The zero-order valence-corrected chi connectivity index (χ0v) is 14.4. The molecule has 1 heterocycles. The van der Waals surface area contributed by atoms with Crippen molar-refractivity contribution in [3.8, 4) is 0 Å². The number of nitrogens with zero attached hydrogens (tertiary/aromatic N) is 3. The van der Waals surface area contributed by atoms with E-state index in [2.05, 4.69) is 5.10 Å². The first kappa shape index (κ1) is 18.8. The maximum atomic E-state index is 12.7. The van der Waals surface area contributed by atoms with Gasteiger partial charge in [0.2, 0.25) is 0 Å². The summed E-state index contributed by atoms with van der Waals surface area (Å²) in [6.45, 7) is 1.47. The van der Waals surface area contributed by atoms with Gasteiger partial charge < -0.3 is 5.73 Å². The van der Waals surface area contributed by atoms with Crippen LogP contribution in [0.1, 0.15) is 64.3 Å². The molecular weight excluding hydrogens is 314 g/mol. The maximum Gasteiger partial charge on any atom is 0.346 e. The molecule has 7 heteroatoms. The Kier molecular flexibility index (Phi) is 7.15. The third-order valence-corrected chi connectivity index (χ3v) is 4.99. The van der Waals surface area contributed by atoms with Crippen molar-refractivity contribution in [1.29, 1.82) is 0 Å². The molecule has 1 aliphatic carbocycles. The fourth-order valence-electron chi connectivity index (χ4n) is 3.52. The SMILES string of the molecule is CC(CC1CCCCCCC1)n1cnn(CC(CN)=C(F)F)c1=O. The topological polar surface area (TPSA) is 65.8 Å². The summed E-state index contributed by atoms with van der Waals surface area (Å²) in [6.07, 6.45) is 9.41. The highest BCUT2D eigenvalue weighted by Crippen LogP contribution is 2.28. The standard InChI is InChI=1S/C17H28F2N4O/c1-13(9-14-7-5-3-2-4-6-8-14)22-12-21-23(17(22)24)11-15(10-20)16(18)19/h12-14H,2-11,20H2,1H3. The zero-order valence-electron chi connectivity index (χ0n) is 14.4. The van der Waals surface area contributed by atoms with Gasteiger partial charge in [-0.1, -0.05) is 44.9 Å². The smallest absolute Gasteiger partial charge is 0.327 e. The lowest BCUT2D eigenvalue weighted by Gasteiger charge is -2.23. The Morgan fingerprint density at radius 3 is 2.50 bits per heavy atom. The van der Waals surface area contributed by atoms with Gasteiger partial charge >= 0.3 is 5.69 Å². The van der Waals surface area contributed by atoms with Crippen LogP contribution >= 0.6 is 0 Å². The van der Waals surface area contributed by atoms with E-state index in [4.69, 9.17) is 5.73 Å². The summed E-state index contributed by atoms with van der Waals surface area (Å²) in [5.41, 5.74) is 4.70. The van der Waals surface area contributed by atoms with Crippen molar-refractivity contribution >= 4 is 0 Å². The molecule has 1 saturated carbocycles. The molecule has 0 spiro atoms. The van der Waals surface area contributed by atoms with Crippen LogP contribution in [0.5, 0.6) is 0 Å². The van der Waals surface area contributed by atoms with Crippen LogP contribution in [-0.2, 0) is 6.54 Å². The highest BCUT2D eigenvalue weighted by Gasteiger charge is 2.19. The molecule has 1 aliphatic rings. The van der Waals surface area contributed by atoms with Crippen LogP contribution < -0.4 is 11.4 Å².